The summed E-state index contributed by atoms with van der Waals surface area (Å²) in [6, 6.07) is 1.89. The topological polar surface area (TPSA) is 35.5 Å². The van der Waals surface area contributed by atoms with Crippen molar-refractivity contribution in [1.82, 2.24) is 0 Å². The van der Waals surface area contributed by atoms with Gasteiger partial charge in [-0.05, 0) is 18.4 Å². The number of carbonyl (C=O) groups excluding carboxylic acids is 1. The van der Waals surface area contributed by atoms with Crippen LogP contribution in [0.1, 0.15) is 28.1 Å². The number of thiophene rings is 1. The maximum absolute atomic E-state index is 12.5. The first kappa shape index (κ1) is 11.8. The molecule has 0 spiro atoms. The molecule has 1 aliphatic heterocycles. The number of ketones is 1. The average Bonchev–Trinajstić information content (AvgIpc) is 2.75. The molecule has 0 radical (unpaired) electrons. The molecule has 2 rings (SSSR count). The molecule has 0 aliphatic carbocycles. The standard InChI is InChI=1S/C12H16O3S/c1-9-10(3-8-16-9)11(13)12(14-2)4-6-15-7-5-12/h3,8H,4-7H2,1-2H3. The molecule has 0 aromatic carbocycles. The molecule has 0 saturated carbocycles. The highest BCUT2D eigenvalue weighted by Crippen LogP contribution is 2.31. The minimum Gasteiger partial charge on any atom is -0.381 e. The number of methoxy groups -OCH3 is 1. The maximum atomic E-state index is 12.5. The lowest BCUT2D eigenvalue weighted by atomic mass is 9.86. The van der Waals surface area contributed by atoms with Gasteiger partial charge in [-0.1, -0.05) is 0 Å². The molecule has 88 valence electrons. The molecule has 2 heterocycles. The molecule has 1 aromatic heterocycles. The Balaban J connectivity index is 2.28. The van der Waals surface area contributed by atoms with Gasteiger partial charge in [0.05, 0.1) is 0 Å². The monoisotopic (exact) mass is 240 g/mol. The number of rotatable bonds is 3. The molecule has 0 N–H and O–H groups in total. The predicted molar refractivity (Wildman–Crippen MR) is 63.2 cm³/mol. The third-order valence-electron chi connectivity index (χ3n) is 3.21. The first-order chi connectivity index (χ1) is 7.69. The van der Waals surface area contributed by atoms with Crippen molar-refractivity contribution in [3.63, 3.8) is 0 Å². The van der Waals surface area contributed by atoms with Crippen LogP contribution >= 0.6 is 11.3 Å². The Bertz CT molecular complexity index is 377. The van der Waals surface area contributed by atoms with E-state index < -0.39 is 5.60 Å². The average molecular weight is 240 g/mol. The summed E-state index contributed by atoms with van der Waals surface area (Å²) in [5, 5.41) is 1.95. The summed E-state index contributed by atoms with van der Waals surface area (Å²) in [7, 11) is 1.62. The van der Waals surface area contributed by atoms with E-state index in [1.165, 1.54) is 0 Å². The fourth-order valence-electron chi connectivity index (χ4n) is 2.09. The van der Waals surface area contributed by atoms with Crippen LogP contribution in [0.2, 0.25) is 0 Å². The molecule has 4 heteroatoms. The van der Waals surface area contributed by atoms with Crippen LogP contribution in [0.25, 0.3) is 0 Å². The number of hydrogen-bond donors (Lipinski definition) is 0. The van der Waals surface area contributed by atoms with E-state index in [2.05, 4.69) is 0 Å². The predicted octanol–water partition coefficient (Wildman–Crippen LogP) is 2.43. The minimum absolute atomic E-state index is 0.108. The second-order valence-electron chi connectivity index (χ2n) is 4.03. The van der Waals surface area contributed by atoms with Crippen molar-refractivity contribution in [2.24, 2.45) is 0 Å². The van der Waals surface area contributed by atoms with Crippen molar-refractivity contribution in [3.05, 3.63) is 21.9 Å². The van der Waals surface area contributed by atoms with Gasteiger partial charge in [0.1, 0.15) is 5.60 Å². The fraction of sp³-hybridized carbons (Fsp3) is 0.583. The third kappa shape index (κ3) is 1.93. The summed E-state index contributed by atoms with van der Waals surface area (Å²) >= 11 is 1.60. The molecule has 0 unspecified atom stereocenters. The summed E-state index contributed by atoms with van der Waals surface area (Å²) in [5.74, 6) is 0.108. The molecular weight excluding hydrogens is 224 g/mol. The summed E-state index contributed by atoms with van der Waals surface area (Å²) < 4.78 is 10.8. The lowest BCUT2D eigenvalue weighted by molar-refractivity contribution is -0.0663. The number of Topliss-reactive ketones (excluding diaryl/α,β-unsaturated/α-hetero) is 1. The van der Waals surface area contributed by atoms with Crippen molar-refractivity contribution in [2.45, 2.75) is 25.4 Å². The van der Waals surface area contributed by atoms with E-state index in [-0.39, 0.29) is 5.78 Å². The van der Waals surface area contributed by atoms with Crippen molar-refractivity contribution in [1.29, 1.82) is 0 Å². The molecule has 0 bridgehead atoms. The molecule has 1 saturated heterocycles. The van der Waals surface area contributed by atoms with Crippen molar-refractivity contribution < 1.29 is 14.3 Å². The SMILES string of the molecule is COC1(C(=O)c2ccsc2C)CCOCC1. The number of aryl methyl sites for hydroxylation is 1. The number of hydrogen-bond acceptors (Lipinski definition) is 4. The fourth-order valence-corrected chi connectivity index (χ4v) is 2.79. The Morgan fingerprint density at radius 3 is 2.69 bits per heavy atom. The van der Waals surface area contributed by atoms with Crippen molar-refractivity contribution in [2.75, 3.05) is 20.3 Å². The summed E-state index contributed by atoms with van der Waals surface area (Å²) in [4.78, 5) is 13.5. The van der Waals surface area contributed by atoms with Crippen LogP contribution in [-0.4, -0.2) is 31.7 Å². The van der Waals surface area contributed by atoms with E-state index in [1.54, 1.807) is 18.4 Å². The highest BCUT2D eigenvalue weighted by atomic mass is 32.1. The summed E-state index contributed by atoms with van der Waals surface area (Å²) in [5.41, 5.74) is 0.137. The number of ether oxygens (including phenoxy) is 2. The molecule has 3 nitrogen and oxygen atoms in total. The zero-order valence-corrected chi connectivity index (χ0v) is 10.4. The first-order valence-corrected chi connectivity index (χ1v) is 6.29. The first-order valence-electron chi connectivity index (χ1n) is 5.41. The van der Waals surface area contributed by atoms with Crippen LogP contribution in [0.4, 0.5) is 0 Å². The highest BCUT2D eigenvalue weighted by molar-refractivity contribution is 7.10. The molecule has 1 aromatic rings. The Kier molecular flexibility index (Phi) is 3.42. The molecule has 16 heavy (non-hydrogen) atoms. The minimum atomic E-state index is -0.663. The Labute approximate surface area is 99.4 Å². The van der Waals surface area contributed by atoms with E-state index in [4.69, 9.17) is 9.47 Å². The van der Waals surface area contributed by atoms with Gasteiger partial charge in [0, 0.05) is 43.6 Å². The van der Waals surface area contributed by atoms with Crippen LogP contribution < -0.4 is 0 Å². The summed E-state index contributed by atoms with van der Waals surface area (Å²) in [6.07, 6.45) is 1.30. The van der Waals surface area contributed by atoms with Gasteiger partial charge in [-0.25, -0.2) is 0 Å². The van der Waals surface area contributed by atoms with Crippen molar-refractivity contribution in [3.8, 4) is 0 Å². The van der Waals surface area contributed by atoms with Gasteiger partial charge in [-0.15, -0.1) is 11.3 Å². The lowest BCUT2D eigenvalue weighted by Crippen LogP contribution is -2.45. The van der Waals surface area contributed by atoms with Crippen molar-refractivity contribution >= 4 is 17.1 Å². The largest absolute Gasteiger partial charge is 0.381 e. The Morgan fingerprint density at radius 2 is 2.19 bits per heavy atom. The van der Waals surface area contributed by atoms with Gasteiger partial charge in [0.15, 0.2) is 5.78 Å². The van der Waals surface area contributed by atoms with Gasteiger partial charge in [0.2, 0.25) is 0 Å². The van der Waals surface area contributed by atoms with Crippen LogP contribution in [0, 0.1) is 6.92 Å². The second kappa shape index (κ2) is 4.65. The normalized spacial score (nSPS) is 19.6. The Hall–Kier alpha value is -0.710. The van der Waals surface area contributed by atoms with E-state index in [0.29, 0.717) is 26.1 Å². The van der Waals surface area contributed by atoms with Gasteiger partial charge < -0.3 is 9.47 Å². The highest BCUT2D eigenvalue weighted by Gasteiger charge is 2.41. The van der Waals surface area contributed by atoms with Gasteiger partial charge >= 0.3 is 0 Å². The van der Waals surface area contributed by atoms with E-state index in [9.17, 15) is 4.79 Å². The summed E-state index contributed by atoms with van der Waals surface area (Å²) in [6.45, 7) is 3.17. The van der Waals surface area contributed by atoms with E-state index >= 15 is 0 Å². The molecule has 0 amide bonds. The van der Waals surface area contributed by atoms with Gasteiger partial charge in [0.25, 0.3) is 0 Å². The van der Waals surface area contributed by atoms with E-state index in [1.807, 2.05) is 18.4 Å². The van der Waals surface area contributed by atoms with Gasteiger partial charge in [-0.2, -0.15) is 0 Å². The van der Waals surface area contributed by atoms with Crippen LogP contribution in [0.5, 0.6) is 0 Å². The molecule has 1 aliphatic rings. The maximum Gasteiger partial charge on any atom is 0.195 e. The van der Waals surface area contributed by atoms with E-state index in [0.717, 1.165) is 10.4 Å². The number of carbonyl (C=O) groups is 1. The Morgan fingerprint density at radius 1 is 1.50 bits per heavy atom. The van der Waals surface area contributed by atoms with Crippen LogP contribution in [0.3, 0.4) is 0 Å². The lowest BCUT2D eigenvalue weighted by Gasteiger charge is -2.34. The molecule has 0 atom stereocenters. The quantitative estimate of drug-likeness (QED) is 0.761. The zero-order chi connectivity index (χ0) is 11.6. The second-order valence-corrected chi connectivity index (χ2v) is 5.15. The van der Waals surface area contributed by atoms with Gasteiger partial charge in [-0.3, -0.25) is 4.79 Å². The van der Waals surface area contributed by atoms with Crippen LogP contribution in [0.15, 0.2) is 11.4 Å². The van der Waals surface area contributed by atoms with Crippen LogP contribution in [-0.2, 0) is 9.47 Å². The zero-order valence-electron chi connectivity index (χ0n) is 9.62. The molecule has 1 fully saturated rings. The smallest absolute Gasteiger partial charge is 0.195 e. The molecular formula is C12H16O3S. The third-order valence-corrected chi connectivity index (χ3v) is 4.05.